The molecule has 0 spiro atoms. The second kappa shape index (κ2) is 7.67. The van der Waals surface area contributed by atoms with Crippen LogP contribution in [0.5, 0.6) is 5.75 Å². The number of nitrogens with two attached hydrogens (primary N) is 1. The van der Waals surface area contributed by atoms with Crippen LogP contribution in [-0.4, -0.2) is 28.2 Å². The van der Waals surface area contributed by atoms with Gasteiger partial charge in [-0.15, -0.1) is 0 Å². The molecule has 1 fully saturated rings. The third-order valence-corrected chi connectivity index (χ3v) is 5.04. The van der Waals surface area contributed by atoms with E-state index in [2.05, 4.69) is 21.4 Å². The van der Waals surface area contributed by atoms with Gasteiger partial charge < -0.3 is 16.2 Å². The highest BCUT2D eigenvalue weighted by Crippen LogP contribution is 2.36. The summed E-state index contributed by atoms with van der Waals surface area (Å²) in [5.74, 6) is -0.342. The molecule has 1 saturated carbocycles. The third kappa shape index (κ3) is 3.60. The van der Waals surface area contributed by atoms with E-state index in [0.717, 1.165) is 38.2 Å². The first kappa shape index (κ1) is 18.1. The predicted octanol–water partition coefficient (Wildman–Crippen LogP) is 3.08. The van der Waals surface area contributed by atoms with E-state index < -0.39 is 5.82 Å². The molecule has 136 valence electrons. The number of aromatic nitrogens is 2. The second-order valence-corrected chi connectivity index (χ2v) is 6.66. The fourth-order valence-corrected chi connectivity index (χ4v) is 3.58. The molecular formula is C19H22FN5O. The van der Waals surface area contributed by atoms with Gasteiger partial charge in [0, 0.05) is 12.0 Å². The number of phenols is 1. The average molecular weight is 355 g/mol. The number of rotatable bonds is 3. The smallest absolute Gasteiger partial charge is 0.165 e. The molecule has 2 aromatic rings. The lowest BCUT2D eigenvalue weighted by molar-refractivity contribution is 0.474. The van der Waals surface area contributed by atoms with Crippen LogP contribution in [0.1, 0.15) is 49.3 Å². The van der Waals surface area contributed by atoms with Crippen LogP contribution in [0, 0.1) is 17.1 Å². The Kier molecular flexibility index (Phi) is 5.33. The molecule has 1 aliphatic carbocycles. The molecule has 3 rings (SSSR count). The highest BCUT2D eigenvalue weighted by Gasteiger charge is 2.25. The van der Waals surface area contributed by atoms with Gasteiger partial charge >= 0.3 is 0 Å². The Labute approximate surface area is 151 Å². The van der Waals surface area contributed by atoms with E-state index in [1.165, 1.54) is 12.1 Å². The van der Waals surface area contributed by atoms with Gasteiger partial charge in [-0.1, -0.05) is 6.42 Å². The Morgan fingerprint density at radius 1 is 1.27 bits per heavy atom. The topological polar surface area (TPSA) is 108 Å². The van der Waals surface area contributed by atoms with E-state index in [1.807, 2.05) is 7.05 Å². The number of nitrogen functional groups attached to an aromatic ring is 1. The maximum Gasteiger partial charge on any atom is 0.165 e. The molecule has 6 nitrogen and oxygen atoms in total. The number of benzene rings is 1. The second-order valence-electron chi connectivity index (χ2n) is 6.66. The van der Waals surface area contributed by atoms with Crippen molar-refractivity contribution >= 4 is 5.82 Å². The molecule has 0 amide bonds. The molecule has 0 bridgehead atoms. The normalized spacial score (nSPS) is 20.3. The van der Waals surface area contributed by atoms with E-state index in [1.54, 1.807) is 0 Å². The molecule has 1 aromatic carbocycles. The minimum absolute atomic E-state index is 0.0607. The predicted molar refractivity (Wildman–Crippen MR) is 96.9 cm³/mol. The summed E-state index contributed by atoms with van der Waals surface area (Å²) in [5.41, 5.74) is 7.04. The Balaban J connectivity index is 2.05. The first-order valence-electron chi connectivity index (χ1n) is 8.77. The maximum absolute atomic E-state index is 13.6. The van der Waals surface area contributed by atoms with E-state index in [9.17, 15) is 14.8 Å². The fourth-order valence-electron chi connectivity index (χ4n) is 3.58. The van der Waals surface area contributed by atoms with Gasteiger partial charge in [-0.05, 0) is 50.9 Å². The molecule has 4 N–H and O–H groups in total. The fraction of sp³-hybridized carbons (Fsp3) is 0.421. The molecule has 26 heavy (non-hydrogen) atoms. The maximum atomic E-state index is 13.6. The minimum atomic E-state index is -0.503. The largest absolute Gasteiger partial charge is 0.507 e. The molecule has 0 radical (unpaired) electrons. The summed E-state index contributed by atoms with van der Waals surface area (Å²) in [6, 6.07) is 6.15. The summed E-state index contributed by atoms with van der Waals surface area (Å²) in [4.78, 5) is 8.66. The monoisotopic (exact) mass is 355 g/mol. The lowest BCUT2D eigenvalue weighted by Gasteiger charge is -2.17. The zero-order valence-electron chi connectivity index (χ0n) is 14.7. The van der Waals surface area contributed by atoms with Crippen molar-refractivity contribution in [2.45, 2.75) is 44.1 Å². The number of hydrogen-bond donors (Lipinski definition) is 3. The van der Waals surface area contributed by atoms with Gasteiger partial charge in [-0.3, -0.25) is 0 Å². The van der Waals surface area contributed by atoms with E-state index >= 15 is 0 Å². The quantitative estimate of drug-likeness (QED) is 0.730. The average Bonchev–Trinajstić information content (AvgIpc) is 2.88. The molecular weight excluding hydrogens is 333 g/mol. The summed E-state index contributed by atoms with van der Waals surface area (Å²) in [7, 11) is 1.96. The van der Waals surface area contributed by atoms with Gasteiger partial charge in [0.05, 0.1) is 11.3 Å². The zero-order valence-corrected chi connectivity index (χ0v) is 14.7. The summed E-state index contributed by atoms with van der Waals surface area (Å²) < 4.78 is 13.6. The standard InChI is InChI=1S/C19H22FN5O/c1-23-13-4-2-3-11(5-7-13)17-15(10-21)18(22)25-19(24-17)14-9-12(20)6-8-16(14)26/h6,8-9,11,13,23,26H,2-5,7H2,1H3,(H2,22,24,25). The third-order valence-electron chi connectivity index (χ3n) is 5.04. The lowest BCUT2D eigenvalue weighted by atomic mass is 9.93. The number of phenolic OH excluding ortho intramolecular Hbond substituents is 1. The molecule has 7 heteroatoms. The van der Waals surface area contributed by atoms with Crippen LogP contribution < -0.4 is 11.1 Å². The first-order chi connectivity index (χ1) is 12.5. The Morgan fingerprint density at radius 3 is 2.81 bits per heavy atom. The highest BCUT2D eigenvalue weighted by molar-refractivity contribution is 5.67. The SMILES string of the molecule is CNC1CCCC(c2nc(-c3cc(F)ccc3O)nc(N)c2C#N)CC1. The lowest BCUT2D eigenvalue weighted by Crippen LogP contribution is -2.23. The number of nitrogens with one attached hydrogen (secondary N) is 1. The first-order valence-corrected chi connectivity index (χ1v) is 8.77. The molecule has 2 unspecified atom stereocenters. The zero-order chi connectivity index (χ0) is 18.7. The number of anilines is 1. The van der Waals surface area contributed by atoms with Gasteiger partial charge in [-0.25, -0.2) is 14.4 Å². The van der Waals surface area contributed by atoms with Crippen LogP contribution in [0.25, 0.3) is 11.4 Å². The van der Waals surface area contributed by atoms with Crippen molar-refractivity contribution in [3.8, 4) is 23.2 Å². The van der Waals surface area contributed by atoms with Gasteiger partial charge in [-0.2, -0.15) is 5.26 Å². The van der Waals surface area contributed by atoms with Crippen molar-refractivity contribution in [3.05, 3.63) is 35.3 Å². The molecule has 2 atom stereocenters. The van der Waals surface area contributed by atoms with Crippen molar-refractivity contribution in [2.24, 2.45) is 0 Å². The van der Waals surface area contributed by atoms with E-state index in [-0.39, 0.29) is 34.4 Å². The van der Waals surface area contributed by atoms with E-state index in [0.29, 0.717) is 11.7 Å². The van der Waals surface area contributed by atoms with Crippen LogP contribution in [0.2, 0.25) is 0 Å². The Bertz CT molecular complexity index is 849. The number of aromatic hydroxyl groups is 1. The van der Waals surface area contributed by atoms with Crippen molar-refractivity contribution in [3.63, 3.8) is 0 Å². The number of hydrogen-bond acceptors (Lipinski definition) is 6. The Morgan fingerprint density at radius 2 is 2.08 bits per heavy atom. The minimum Gasteiger partial charge on any atom is -0.507 e. The summed E-state index contributed by atoms with van der Waals surface area (Å²) in [6.07, 6.45) is 4.86. The van der Waals surface area contributed by atoms with Gasteiger partial charge in [0.2, 0.25) is 0 Å². The van der Waals surface area contributed by atoms with E-state index in [4.69, 9.17) is 5.73 Å². The van der Waals surface area contributed by atoms with Crippen LogP contribution in [-0.2, 0) is 0 Å². The van der Waals surface area contributed by atoms with Crippen LogP contribution in [0.15, 0.2) is 18.2 Å². The summed E-state index contributed by atoms with van der Waals surface area (Å²) in [6.45, 7) is 0. The molecule has 1 aromatic heterocycles. The molecule has 0 saturated heterocycles. The summed E-state index contributed by atoms with van der Waals surface area (Å²) in [5, 5.41) is 22.9. The molecule has 0 aliphatic heterocycles. The van der Waals surface area contributed by atoms with Gasteiger partial charge in [0.25, 0.3) is 0 Å². The van der Waals surface area contributed by atoms with Crippen molar-refractivity contribution in [2.75, 3.05) is 12.8 Å². The van der Waals surface area contributed by atoms with Crippen LogP contribution in [0.3, 0.4) is 0 Å². The van der Waals surface area contributed by atoms with Crippen molar-refractivity contribution < 1.29 is 9.50 Å². The number of nitriles is 1. The van der Waals surface area contributed by atoms with Crippen molar-refractivity contribution in [1.29, 1.82) is 5.26 Å². The van der Waals surface area contributed by atoms with Crippen molar-refractivity contribution in [1.82, 2.24) is 15.3 Å². The number of nitrogens with zero attached hydrogens (tertiary/aromatic N) is 3. The molecule has 1 aliphatic rings. The van der Waals surface area contributed by atoms with Gasteiger partial charge in [0.15, 0.2) is 5.82 Å². The Hall–Kier alpha value is -2.72. The number of halogens is 1. The summed E-state index contributed by atoms with van der Waals surface area (Å²) >= 11 is 0. The van der Waals surface area contributed by atoms with Crippen LogP contribution in [0.4, 0.5) is 10.2 Å². The van der Waals surface area contributed by atoms with Crippen LogP contribution >= 0.6 is 0 Å². The van der Waals surface area contributed by atoms with Gasteiger partial charge in [0.1, 0.15) is 29.0 Å². The molecule has 1 heterocycles. The highest BCUT2D eigenvalue weighted by atomic mass is 19.1.